The SMILES string of the molecule is Nc1nnc(CNC(=O)[C@@]23CCCCN2C[C@@H](NC(=O)c2cccnc2)C3)s1.O=CO. The van der Waals surface area contributed by atoms with Gasteiger partial charge in [-0.1, -0.05) is 11.3 Å². The monoisotopic (exact) mass is 447 g/mol. The van der Waals surface area contributed by atoms with Gasteiger partial charge >= 0.3 is 0 Å². The lowest BCUT2D eigenvalue weighted by Crippen LogP contribution is -2.57. The third-order valence-corrected chi connectivity index (χ3v) is 6.22. The molecule has 11 nitrogen and oxygen atoms in total. The van der Waals surface area contributed by atoms with Crippen LogP contribution in [-0.2, 0) is 16.1 Å². The largest absolute Gasteiger partial charge is 0.483 e. The van der Waals surface area contributed by atoms with Crippen molar-refractivity contribution < 1.29 is 19.5 Å². The summed E-state index contributed by atoms with van der Waals surface area (Å²) in [6, 6.07) is 3.40. The lowest BCUT2D eigenvalue weighted by atomic mass is 9.84. The third-order valence-electron chi connectivity index (χ3n) is 5.46. The number of hydrogen-bond acceptors (Lipinski definition) is 9. The first-order valence-electron chi connectivity index (χ1n) is 9.88. The molecule has 166 valence electrons. The summed E-state index contributed by atoms with van der Waals surface area (Å²) in [7, 11) is 0. The van der Waals surface area contributed by atoms with Gasteiger partial charge in [0.1, 0.15) is 10.5 Å². The second-order valence-electron chi connectivity index (χ2n) is 7.37. The summed E-state index contributed by atoms with van der Waals surface area (Å²) >= 11 is 1.27. The van der Waals surface area contributed by atoms with E-state index in [0.29, 0.717) is 35.2 Å². The van der Waals surface area contributed by atoms with Gasteiger partial charge in [0.05, 0.1) is 12.1 Å². The average Bonchev–Trinajstić information content (AvgIpc) is 3.36. The predicted octanol–water partition coefficient (Wildman–Crippen LogP) is 0.259. The zero-order chi connectivity index (χ0) is 22.3. The molecule has 2 saturated heterocycles. The molecule has 0 radical (unpaired) electrons. The van der Waals surface area contributed by atoms with Crippen molar-refractivity contribution in [3.05, 3.63) is 35.1 Å². The van der Waals surface area contributed by atoms with E-state index in [9.17, 15) is 9.59 Å². The first-order valence-corrected chi connectivity index (χ1v) is 10.7. The second kappa shape index (κ2) is 10.3. The van der Waals surface area contributed by atoms with Crippen molar-refractivity contribution in [3.8, 4) is 0 Å². The molecule has 2 aliphatic heterocycles. The number of piperidine rings is 1. The molecule has 5 N–H and O–H groups in total. The second-order valence-corrected chi connectivity index (χ2v) is 8.47. The highest BCUT2D eigenvalue weighted by molar-refractivity contribution is 7.15. The molecule has 2 aromatic rings. The highest BCUT2D eigenvalue weighted by Crippen LogP contribution is 2.38. The predicted molar refractivity (Wildman–Crippen MR) is 113 cm³/mol. The van der Waals surface area contributed by atoms with Crippen LogP contribution in [0.3, 0.4) is 0 Å². The lowest BCUT2D eigenvalue weighted by molar-refractivity contribution is -0.134. The third kappa shape index (κ3) is 5.33. The van der Waals surface area contributed by atoms with Crippen LogP contribution in [-0.4, -0.2) is 68.1 Å². The fourth-order valence-corrected chi connectivity index (χ4v) is 4.75. The Morgan fingerprint density at radius 2 is 2.19 bits per heavy atom. The van der Waals surface area contributed by atoms with Crippen molar-refractivity contribution in [2.24, 2.45) is 0 Å². The Bertz CT molecular complexity index is 910. The molecular weight excluding hydrogens is 422 g/mol. The molecule has 31 heavy (non-hydrogen) atoms. The molecular formula is C19H25N7O4S. The molecule has 4 rings (SSSR count). The molecule has 12 heteroatoms. The van der Waals surface area contributed by atoms with E-state index in [2.05, 4.69) is 30.7 Å². The van der Waals surface area contributed by atoms with Gasteiger partial charge in [-0.15, -0.1) is 10.2 Å². The maximum atomic E-state index is 13.1. The molecule has 2 fully saturated rings. The van der Waals surface area contributed by atoms with Crippen molar-refractivity contribution in [2.45, 2.75) is 43.8 Å². The topological polar surface area (TPSA) is 163 Å². The summed E-state index contributed by atoms with van der Waals surface area (Å²) in [5, 5.41) is 21.8. The lowest BCUT2D eigenvalue weighted by Gasteiger charge is -2.40. The van der Waals surface area contributed by atoms with E-state index in [0.717, 1.165) is 25.8 Å². The Kier molecular flexibility index (Phi) is 7.47. The van der Waals surface area contributed by atoms with Crippen LogP contribution in [0.5, 0.6) is 0 Å². The maximum Gasteiger partial charge on any atom is 0.290 e. The summed E-state index contributed by atoms with van der Waals surface area (Å²) < 4.78 is 0. The van der Waals surface area contributed by atoms with E-state index in [1.54, 1.807) is 24.5 Å². The van der Waals surface area contributed by atoms with E-state index in [-0.39, 0.29) is 24.3 Å². The van der Waals surface area contributed by atoms with Crippen LogP contribution in [0.4, 0.5) is 5.13 Å². The van der Waals surface area contributed by atoms with Gasteiger partial charge in [-0.3, -0.25) is 24.3 Å². The highest BCUT2D eigenvalue weighted by atomic mass is 32.1. The Morgan fingerprint density at radius 3 is 2.87 bits per heavy atom. The molecule has 2 atom stereocenters. The zero-order valence-corrected chi connectivity index (χ0v) is 17.7. The molecule has 2 aromatic heterocycles. The van der Waals surface area contributed by atoms with E-state index in [1.165, 1.54) is 11.3 Å². The number of carbonyl (C=O) groups is 3. The van der Waals surface area contributed by atoms with E-state index < -0.39 is 5.54 Å². The molecule has 2 amide bonds. The number of carboxylic acid groups (broad SMARTS) is 1. The summed E-state index contributed by atoms with van der Waals surface area (Å²) in [5.74, 6) is -0.170. The summed E-state index contributed by atoms with van der Waals surface area (Å²) in [6.07, 6.45) is 6.63. The minimum atomic E-state index is -0.582. The number of nitrogen functional groups attached to an aromatic ring is 1. The van der Waals surface area contributed by atoms with Crippen molar-refractivity contribution >= 4 is 34.8 Å². The number of nitrogens with two attached hydrogens (primary N) is 1. The van der Waals surface area contributed by atoms with Crippen LogP contribution in [0.1, 0.15) is 41.0 Å². The number of amides is 2. The first-order chi connectivity index (χ1) is 15.0. The van der Waals surface area contributed by atoms with E-state index in [1.807, 2.05) is 0 Å². The van der Waals surface area contributed by atoms with Gasteiger partial charge in [-0.25, -0.2) is 0 Å². The van der Waals surface area contributed by atoms with E-state index in [4.69, 9.17) is 15.6 Å². The molecule has 2 aliphatic rings. The van der Waals surface area contributed by atoms with Crippen molar-refractivity contribution in [1.82, 2.24) is 30.7 Å². The van der Waals surface area contributed by atoms with Gasteiger partial charge in [0.2, 0.25) is 11.0 Å². The molecule has 0 bridgehead atoms. The van der Waals surface area contributed by atoms with Gasteiger partial charge in [-0.05, 0) is 44.4 Å². The minimum absolute atomic E-state index is 0.0147. The molecule has 0 saturated carbocycles. The Balaban J connectivity index is 0.000000858. The smallest absolute Gasteiger partial charge is 0.290 e. The summed E-state index contributed by atoms with van der Waals surface area (Å²) in [5.41, 5.74) is 5.55. The molecule has 0 aromatic carbocycles. The van der Waals surface area contributed by atoms with Gasteiger partial charge in [0, 0.05) is 25.0 Å². The Labute approximate surface area is 183 Å². The quantitative estimate of drug-likeness (QED) is 0.471. The van der Waals surface area contributed by atoms with Gasteiger partial charge in [-0.2, -0.15) is 0 Å². The van der Waals surface area contributed by atoms with Crippen molar-refractivity contribution in [1.29, 1.82) is 0 Å². The number of pyridine rings is 1. The normalized spacial score (nSPS) is 22.5. The van der Waals surface area contributed by atoms with Crippen LogP contribution in [0.15, 0.2) is 24.5 Å². The van der Waals surface area contributed by atoms with Crippen LogP contribution in [0.25, 0.3) is 0 Å². The number of fused-ring (bicyclic) bond motifs is 1. The van der Waals surface area contributed by atoms with Crippen LogP contribution < -0.4 is 16.4 Å². The van der Waals surface area contributed by atoms with Crippen molar-refractivity contribution in [3.63, 3.8) is 0 Å². The fraction of sp³-hybridized carbons (Fsp3) is 0.474. The summed E-state index contributed by atoms with van der Waals surface area (Å²) in [6.45, 7) is 1.60. The Hall–Kier alpha value is -3.12. The fourth-order valence-electron chi connectivity index (χ4n) is 4.20. The maximum absolute atomic E-state index is 13.1. The van der Waals surface area contributed by atoms with Crippen molar-refractivity contribution in [2.75, 3.05) is 18.8 Å². The molecule has 4 heterocycles. The van der Waals surface area contributed by atoms with E-state index >= 15 is 0 Å². The van der Waals surface area contributed by atoms with Crippen LogP contribution in [0.2, 0.25) is 0 Å². The molecule has 0 spiro atoms. The summed E-state index contributed by atoms with van der Waals surface area (Å²) in [4.78, 5) is 40.2. The van der Waals surface area contributed by atoms with Gasteiger partial charge in [0.25, 0.3) is 12.4 Å². The minimum Gasteiger partial charge on any atom is -0.483 e. The van der Waals surface area contributed by atoms with Gasteiger partial charge < -0.3 is 21.5 Å². The number of rotatable bonds is 5. The standard InChI is InChI=1S/C18H23N7O2S.CH2O2/c19-17-24-23-14(28-17)10-21-16(27)18-5-1-2-7-25(18)11-13(8-18)22-15(26)12-4-3-6-20-9-12;2-1-3/h3-4,6,9,13H,1-2,5,7-8,10-11H2,(H2,19,24)(H,21,27)(H,22,26);1H,(H,2,3)/t13-,18-;/m0./s1. The zero-order valence-electron chi connectivity index (χ0n) is 16.9. The van der Waals surface area contributed by atoms with Crippen LogP contribution in [0, 0.1) is 0 Å². The van der Waals surface area contributed by atoms with Crippen LogP contribution >= 0.6 is 11.3 Å². The Morgan fingerprint density at radius 1 is 1.39 bits per heavy atom. The number of carbonyl (C=O) groups excluding carboxylic acids is 2. The highest BCUT2D eigenvalue weighted by Gasteiger charge is 2.52. The average molecular weight is 448 g/mol. The molecule has 0 unspecified atom stereocenters. The number of hydrogen-bond donors (Lipinski definition) is 4. The molecule has 0 aliphatic carbocycles. The number of nitrogens with one attached hydrogen (secondary N) is 2. The number of aromatic nitrogens is 3. The number of anilines is 1. The number of nitrogens with zero attached hydrogens (tertiary/aromatic N) is 4. The van der Waals surface area contributed by atoms with Gasteiger partial charge in [0.15, 0.2) is 0 Å². The first kappa shape index (κ1) is 22.6.